The number of nitrogens with one attached hydrogen (secondary N) is 1. The zero-order valence-corrected chi connectivity index (χ0v) is 16.9. The minimum absolute atomic E-state index is 0.311. The molecule has 1 amide bonds. The Morgan fingerprint density at radius 1 is 1.20 bits per heavy atom. The van der Waals surface area contributed by atoms with Crippen molar-refractivity contribution >= 4 is 54.8 Å². The van der Waals surface area contributed by atoms with E-state index in [2.05, 4.69) is 21.2 Å². The predicted molar refractivity (Wildman–Crippen MR) is 106 cm³/mol. The summed E-state index contributed by atoms with van der Waals surface area (Å²) in [4.78, 5) is 12.8. The molecule has 0 aliphatic heterocycles. The van der Waals surface area contributed by atoms with Crippen molar-refractivity contribution in [1.29, 1.82) is 0 Å². The van der Waals surface area contributed by atoms with Crippen LogP contribution in [-0.2, 0) is 14.8 Å². The van der Waals surface area contributed by atoms with E-state index in [1.165, 1.54) is 0 Å². The number of halogens is 2. The molecular weight excluding hydrogens is 428 g/mol. The second-order valence-electron chi connectivity index (χ2n) is 5.43. The minimum Gasteiger partial charge on any atom is -0.323 e. The first-order chi connectivity index (χ1) is 11.7. The van der Waals surface area contributed by atoms with Gasteiger partial charge in [-0.3, -0.25) is 9.10 Å². The van der Waals surface area contributed by atoms with Crippen LogP contribution in [0.15, 0.2) is 53.0 Å². The Morgan fingerprint density at radius 3 is 2.32 bits per heavy atom. The SMILES string of the molecule is CC[C@@H](C(=O)Nc1ccccc1Br)N(c1ccc(Cl)cc1)S(C)(=O)=O. The summed E-state index contributed by atoms with van der Waals surface area (Å²) >= 11 is 9.24. The van der Waals surface area contributed by atoms with Gasteiger partial charge in [0, 0.05) is 9.50 Å². The van der Waals surface area contributed by atoms with Gasteiger partial charge in [-0.2, -0.15) is 0 Å². The molecule has 0 unspecified atom stereocenters. The Hall–Kier alpha value is -1.57. The number of amides is 1. The summed E-state index contributed by atoms with van der Waals surface area (Å²) in [6.07, 6.45) is 1.39. The van der Waals surface area contributed by atoms with Crippen LogP contribution in [0.5, 0.6) is 0 Å². The number of hydrogen-bond donors (Lipinski definition) is 1. The van der Waals surface area contributed by atoms with Gasteiger partial charge >= 0.3 is 0 Å². The van der Waals surface area contributed by atoms with Gasteiger partial charge in [-0.1, -0.05) is 30.7 Å². The number of carbonyl (C=O) groups excluding carboxylic acids is 1. The molecule has 5 nitrogen and oxygen atoms in total. The van der Waals surface area contributed by atoms with Crippen molar-refractivity contribution in [2.24, 2.45) is 0 Å². The molecule has 8 heteroatoms. The number of carbonyl (C=O) groups is 1. The van der Waals surface area contributed by atoms with Crippen LogP contribution >= 0.6 is 27.5 Å². The van der Waals surface area contributed by atoms with Crippen molar-refractivity contribution in [2.45, 2.75) is 19.4 Å². The largest absolute Gasteiger partial charge is 0.323 e. The number of rotatable bonds is 6. The monoisotopic (exact) mass is 444 g/mol. The number of para-hydroxylation sites is 1. The Bertz CT molecular complexity index is 856. The van der Waals surface area contributed by atoms with E-state index in [-0.39, 0.29) is 0 Å². The van der Waals surface area contributed by atoms with Gasteiger partial charge in [0.25, 0.3) is 0 Å². The molecule has 0 bridgehead atoms. The molecule has 0 radical (unpaired) electrons. The quantitative estimate of drug-likeness (QED) is 0.721. The molecule has 0 spiro atoms. The summed E-state index contributed by atoms with van der Waals surface area (Å²) in [6, 6.07) is 12.6. The molecule has 1 N–H and O–H groups in total. The normalized spacial score (nSPS) is 12.5. The Kier molecular flexibility index (Phi) is 6.48. The first-order valence-corrected chi connectivity index (χ1v) is 10.6. The maximum absolute atomic E-state index is 12.8. The van der Waals surface area contributed by atoms with Gasteiger partial charge in [0.1, 0.15) is 6.04 Å². The maximum Gasteiger partial charge on any atom is 0.248 e. The zero-order valence-electron chi connectivity index (χ0n) is 13.7. The molecule has 0 aromatic heterocycles. The number of sulfonamides is 1. The summed E-state index contributed by atoms with van der Waals surface area (Å²) < 4.78 is 26.5. The van der Waals surface area contributed by atoms with E-state index in [1.807, 2.05) is 6.07 Å². The summed E-state index contributed by atoms with van der Waals surface area (Å²) in [5.74, 6) is -0.408. The van der Waals surface area contributed by atoms with Gasteiger partial charge in [0.15, 0.2) is 0 Å². The number of benzene rings is 2. The van der Waals surface area contributed by atoms with Crippen LogP contribution in [-0.4, -0.2) is 26.6 Å². The molecule has 0 fully saturated rings. The van der Waals surface area contributed by atoms with Crippen molar-refractivity contribution in [2.75, 3.05) is 15.9 Å². The van der Waals surface area contributed by atoms with Gasteiger partial charge in [-0.15, -0.1) is 0 Å². The molecule has 0 saturated carbocycles. The molecule has 1 atom stereocenters. The van der Waals surface area contributed by atoms with Crippen LogP contribution in [0.1, 0.15) is 13.3 Å². The highest BCUT2D eigenvalue weighted by atomic mass is 79.9. The van der Waals surface area contributed by atoms with Gasteiger partial charge in [0.2, 0.25) is 15.9 Å². The standard InChI is InChI=1S/C17H18BrClN2O3S/c1-3-16(17(22)20-15-7-5-4-6-14(15)18)21(25(2,23)24)13-10-8-12(19)9-11-13/h4-11,16H,3H2,1-2H3,(H,20,22)/t16-/m0/s1. The molecule has 2 aromatic rings. The molecule has 134 valence electrons. The van der Waals surface area contributed by atoms with Crippen molar-refractivity contribution in [3.05, 3.63) is 58.0 Å². The molecule has 2 aromatic carbocycles. The van der Waals surface area contributed by atoms with E-state index in [4.69, 9.17) is 11.6 Å². The highest BCUT2D eigenvalue weighted by molar-refractivity contribution is 9.10. The molecule has 0 aliphatic carbocycles. The van der Waals surface area contributed by atoms with Crippen LogP contribution in [0.4, 0.5) is 11.4 Å². The van der Waals surface area contributed by atoms with Crippen LogP contribution in [0.3, 0.4) is 0 Å². The Balaban J connectivity index is 2.38. The highest BCUT2D eigenvalue weighted by Gasteiger charge is 2.31. The number of anilines is 2. The van der Waals surface area contributed by atoms with E-state index in [9.17, 15) is 13.2 Å². The lowest BCUT2D eigenvalue weighted by molar-refractivity contribution is -0.117. The van der Waals surface area contributed by atoms with Gasteiger partial charge < -0.3 is 5.32 Å². The molecule has 25 heavy (non-hydrogen) atoms. The summed E-state index contributed by atoms with van der Waals surface area (Å²) in [5.41, 5.74) is 0.969. The molecule has 2 rings (SSSR count). The fraction of sp³-hybridized carbons (Fsp3) is 0.235. The molecule has 0 aliphatic rings. The van der Waals surface area contributed by atoms with Crippen LogP contribution < -0.4 is 9.62 Å². The molecular formula is C17H18BrClN2O3S. The van der Waals surface area contributed by atoms with Crippen LogP contribution in [0.25, 0.3) is 0 Å². The van der Waals surface area contributed by atoms with Crippen molar-refractivity contribution in [1.82, 2.24) is 0 Å². The number of nitrogens with zero attached hydrogens (tertiary/aromatic N) is 1. The van der Waals surface area contributed by atoms with Gasteiger partial charge in [-0.05, 0) is 58.7 Å². The predicted octanol–water partition coefficient (Wildman–Crippen LogP) is 4.29. The first kappa shape index (κ1) is 19.8. The second kappa shape index (κ2) is 8.21. The fourth-order valence-corrected chi connectivity index (χ4v) is 4.15. The van der Waals surface area contributed by atoms with Crippen molar-refractivity contribution < 1.29 is 13.2 Å². The van der Waals surface area contributed by atoms with Crippen LogP contribution in [0.2, 0.25) is 5.02 Å². The van der Waals surface area contributed by atoms with Crippen molar-refractivity contribution in [3.63, 3.8) is 0 Å². The van der Waals surface area contributed by atoms with E-state index in [0.29, 0.717) is 22.8 Å². The summed E-state index contributed by atoms with van der Waals surface area (Å²) in [7, 11) is -3.67. The van der Waals surface area contributed by atoms with E-state index in [0.717, 1.165) is 15.0 Å². The maximum atomic E-state index is 12.8. The lowest BCUT2D eigenvalue weighted by atomic mass is 10.2. The van der Waals surface area contributed by atoms with Crippen molar-refractivity contribution in [3.8, 4) is 0 Å². The fourth-order valence-electron chi connectivity index (χ4n) is 2.43. The van der Waals surface area contributed by atoms with E-state index < -0.39 is 22.0 Å². The topological polar surface area (TPSA) is 66.5 Å². The highest BCUT2D eigenvalue weighted by Crippen LogP contribution is 2.26. The summed E-state index contributed by atoms with van der Waals surface area (Å²) in [5, 5.41) is 3.27. The third-order valence-corrected chi connectivity index (χ3v) is 5.67. The third kappa shape index (κ3) is 4.96. The van der Waals surface area contributed by atoms with Gasteiger partial charge in [0.05, 0.1) is 17.6 Å². The first-order valence-electron chi connectivity index (χ1n) is 7.54. The lowest BCUT2D eigenvalue weighted by Gasteiger charge is -2.30. The third-order valence-electron chi connectivity index (χ3n) is 3.54. The smallest absolute Gasteiger partial charge is 0.248 e. The molecule has 0 saturated heterocycles. The second-order valence-corrected chi connectivity index (χ2v) is 8.58. The van der Waals surface area contributed by atoms with E-state index >= 15 is 0 Å². The molecule has 0 heterocycles. The minimum atomic E-state index is -3.67. The number of hydrogen-bond acceptors (Lipinski definition) is 3. The summed E-state index contributed by atoms with van der Waals surface area (Å²) in [6.45, 7) is 1.76. The Labute approximate surface area is 161 Å². The average molecular weight is 446 g/mol. The zero-order chi connectivity index (χ0) is 18.6. The van der Waals surface area contributed by atoms with Crippen LogP contribution in [0, 0.1) is 0 Å². The lowest BCUT2D eigenvalue weighted by Crippen LogP contribution is -2.47. The van der Waals surface area contributed by atoms with Gasteiger partial charge in [-0.25, -0.2) is 8.42 Å². The Morgan fingerprint density at radius 2 is 1.80 bits per heavy atom. The average Bonchev–Trinajstić information content (AvgIpc) is 2.54. The van der Waals surface area contributed by atoms with E-state index in [1.54, 1.807) is 49.4 Å².